The minimum atomic E-state index is -0.391. The number of amides is 1. The van der Waals surface area contributed by atoms with Crippen LogP contribution in [0.4, 0.5) is 4.39 Å². The first-order valence-electron chi connectivity index (χ1n) is 5.94. The Morgan fingerprint density at radius 2 is 2.00 bits per heavy atom. The highest BCUT2D eigenvalue weighted by atomic mass is 127. The third-order valence-electron chi connectivity index (χ3n) is 3.19. The van der Waals surface area contributed by atoms with E-state index >= 15 is 0 Å². The van der Waals surface area contributed by atoms with Gasteiger partial charge in [0.2, 0.25) is 0 Å². The second-order valence-corrected chi connectivity index (χ2v) is 5.54. The molecule has 0 spiro atoms. The van der Waals surface area contributed by atoms with Gasteiger partial charge in [-0.3, -0.25) is 4.79 Å². The van der Waals surface area contributed by atoms with E-state index in [9.17, 15) is 9.18 Å². The van der Waals surface area contributed by atoms with Crippen LogP contribution in [0.15, 0.2) is 18.2 Å². The first-order chi connectivity index (χ1) is 8.41. The number of nitrogens with two attached hydrogens (primary N) is 1. The van der Waals surface area contributed by atoms with E-state index in [0.717, 1.165) is 12.8 Å². The van der Waals surface area contributed by atoms with Crippen LogP contribution in [-0.2, 0) is 0 Å². The van der Waals surface area contributed by atoms with Crippen molar-refractivity contribution < 1.29 is 9.18 Å². The molecule has 0 aliphatic heterocycles. The molecule has 3 nitrogen and oxygen atoms in total. The van der Waals surface area contributed by atoms with Gasteiger partial charge in [-0.05, 0) is 53.6 Å². The summed E-state index contributed by atoms with van der Waals surface area (Å²) in [5.74, 6) is -0.671. The lowest BCUT2D eigenvalue weighted by Crippen LogP contribution is -2.49. The Labute approximate surface area is 133 Å². The number of halogens is 3. The Kier molecular flexibility index (Phi) is 7.85. The average molecular weight is 401 g/mol. The molecule has 3 N–H and O–H groups in total. The number of hydrogen-bond acceptors (Lipinski definition) is 2. The Morgan fingerprint density at radius 3 is 2.47 bits per heavy atom. The highest BCUT2D eigenvalue weighted by molar-refractivity contribution is 14.1. The number of rotatable bonds is 5. The zero-order chi connectivity index (χ0) is 13.8. The summed E-state index contributed by atoms with van der Waals surface area (Å²) in [7, 11) is 0. The maximum atomic E-state index is 13.3. The summed E-state index contributed by atoms with van der Waals surface area (Å²) in [6.07, 6.45) is 1.57. The van der Waals surface area contributed by atoms with Crippen LogP contribution in [-0.4, -0.2) is 18.0 Å². The molecule has 0 saturated heterocycles. The van der Waals surface area contributed by atoms with Crippen molar-refractivity contribution in [3.63, 3.8) is 0 Å². The maximum absolute atomic E-state index is 13.3. The predicted octanol–water partition coefficient (Wildman–Crippen LogP) is 3.10. The molecule has 19 heavy (non-hydrogen) atoms. The van der Waals surface area contributed by atoms with E-state index in [1.807, 2.05) is 36.4 Å². The van der Waals surface area contributed by atoms with Gasteiger partial charge in [0.1, 0.15) is 5.82 Å². The van der Waals surface area contributed by atoms with E-state index in [1.165, 1.54) is 6.07 Å². The highest BCUT2D eigenvalue weighted by Gasteiger charge is 2.21. The fraction of sp³-hybridized carbons (Fsp3) is 0.462. The Balaban J connectivity index is 0.00000324. The summed E-state index contributed by atoms with van der Waals surface area (Å²) in [5.41, 5.74) is 6.02. The molecule has 0 aliphatic carbocycles. The molecule has 1 aromatic rings. The standard InChI is InChI=1S/C13H18FIN2O.ClH/c1-3-13(16,4-2)8-17-12(18)9-5-6-11(15)10(14)7-9;/h5-7H,3-4,8,16H2,1-2H3,(H,17,18);1H. The minimum absolute atomic E-state index is 0. The second kappa shape index (κ2) is 8.01. The predicted molar refractivity (Wildman–Crippen MR) is 86.2 cm³/mol. The van der Waals surface area contributed by atoms with Gasteiger partial charge in [-0.15, -0.1) is 12.4 Å². The van der Waals surface area contributed by atoms with Crippen molar-refractivity contribution >= 4 is 40.9 Å². The molecular weight excluding hydrogens is 382 g/mol. The maximum Gasteiger partial charge on any atom is 0.251 e. The van der Waals surface area contributed by atoms with E-state index in [-0.39, 0.29) is 24.1 Å². The van der Waals surface area contributed by atoms with Crippen molar-refractivity contribution in [3.8, 4) is 0 Å². The minimum Gasteiger partial charge on any atom is -0.350 e. The summed E-state index contributed by atoms with van der Waals surface area (Å²) in [6, 6.07) is 4.43. The molecule has 108 valence electrons. The topological polar surface area (TPSA) is 55.1 Å². The van der Waals surface area contributed by atoms with E-state index in [2.05, 4.69) is 5.32 Å². The lowest BCUT2D eigenvalue weighted by Gasteiger charge is -2.26. The van der Waals surface area contributed by atoms with Gasteiger partial charge in [0.15, 0.2) is 0 Å². The van der Waals surface area contributed by atoms with Gasteiger partial charge >= 0.3 is 0 Å². The van der Waals surface area contributed by atoms with Crippen molar-refractivity contribution in [2.45, 2.75) is 32.2 Å². The largest absolute Gasteiger partial charge is 0.350 e. The smallest absolute Gasteiger partial charge is 0.251 e. The fourth-order valence-electron chi connectivity index (χ4n) is 1.50. The first-order valence-corrected chi connectivity index (χ1v) is 7.02. The van der Waals surface area contributed by atoms with E-state index in [1.54, 1.807) is 12.1 Å². The lowest BCUT2D eigenvalue weighted by molar-refractivity contribution is 0.0941. The molecule has 0 unspecified atom stereocenters. The molecule has 0 fully saturated rings. The second-order valence-electron chi connectivity index (χ2n) is 4.38. The van der Waals surface area contributed by atoms with Crippen molar-refractivity contribution in [2.75, 3.05) is 6.54 Å². The van der Waals surface area contributed by atoms with Crippen LogP contribution in [0.5, 0.6) is 0 Å². The zero-order valence-corrected chi connectivity index (χ0v) is 14.0. The van der Waals surface area contributed by atoms with Crippen LogP contribution < -0.4 is 11.1 Å². The van der Waals surface area contributed by atoms with E-state index in [0.29, 0.717) is 15.7 Å². The average Bonchev–Trinajstić information content (AvgIpc) is 2.38. The van der Waals surface area contributed by atoms with Crippen molar-refractivity contribution in [1.29, 1.82) is 0 Å². The molecule has 1 amide bonds. The molecule has 0 saturated carbocycles. The molecule has 6 heteroatoms. The van der Waals surface area contributed by atoms with Gasteiger partial charge < -0.3 is 11.1 Å². The van der Waals surface area contributed by atoms with Gasteiger partial charge in [-0.1, -0.05) is 13.8 Å². The number of carbonyl (C=O) groups excluding carboxylic acids is 1. The van der Waals surface area contributed by atoms with Gasteiger partial charge in [-0.25, -0.2) is 4.39 Å². The quantitative estimate of drug-likeness (QED) is 0.746. The molecule has 0 aliphatic rings. The molecule has 0 aromatic heterocycles. The zero-order valence-electron chi connectivity index (χ0n) is 11.0. The summed E-state index contributed by atoms with van der Waals surface area (Å²) in [4.78, 5) is 11.9. The van der Waals surface area contributed by atoms with Gasteiger partial charge in [-0.2, -0.15) is 0 Å². The first kappa shape index (κ1) is 18.6. The Bertz CT molecular complexity index is 439. The molecule has 0 radical (unpaired) electrons. The summed E-state index contributed by atoms with van der Waals surface area (Å²) in [5, 5.41) is 2.76. The van der Waals surface area contributed by atoms with Gasteiger partial charge in [0.05, 0.1) is 0 Å². The van der Waals surface area contributed by atoms with Crippen LogP contribution >= 0.6 is 35.0 Å². The number of carbonyl (C=O) groups is 1. The highest BCUT2D eigenvalue weighted by Crippen LogP contribution is 2.13. The van der Waals surface area contributed by atoms with Crippen molar-refractivity contribution in [3.05, 3.63) is 33.1 Å². The SMILES string of the molecule is CCC(N)(CC)CNC(=O)c1ccc(I)c(F)c1.Cl. The number of hydrogen-bond donors (Lipinski definition) is 2. The molecule has 0 heterocycles. The summed E-state index contributed by atoms with van der Waals surface area (Å²) >= 11 is 1.88. The Morgan fingerprint density at radius 1 is 1.42 bits per heavy atom. The van der Waals surface area contributed by atoms with Crippen LogP contribution in [0, 0.1) is 9.39 Å². The van der Waals surface area contributed by atoms with Crippen LogP contribution in [0.25, 0.3) is 0 Å². The van der Waals surface area contributed by atoms with Gasteiger partial charge in [0.25, 0.3) is 5.91 Å². The van der Waals surface area contributed by atoms with E-state index in [4.69, 9.17) is 5.73 Å². The summed E-state index contributed by atoms with van der Waals surface area (Å²) in [6.45, 7) is 4.37. The number of nitrogens with one attached hydrogen (secondary N) is 1. The molecule has 0 bridgehead atoms. The van der Waals surface area contributed by atoms with Crippen molar-refractivity contribution in [1.82, 2.24) is 5.32 Å². The van der Waals surface area contributed by atoms with Crippen LogP contribution in [0.1, 0.15) is 37.0 Å². The number of benzene rings is 1. The Hall–Kier alpha value is -0.400. The third-order valence-corrected chi connectivity index (χ3v) is 4.07. The van der Waals surface area contributed by atoms with E-state index < -0.39 is 5.54 Å². The fourth-order valence-corrected chi connectivity index (χ4v) is 1.83. The van der Waals surface area contributed by atoms with Crippen molar-refractivity contribution in [2.24, 2.45) is 5.73 Å². The van der Waals surface area contributed by atoms with Crippen LogP contribution in [0.2, 0.25) is 0 Å². The lowest BCUT2D eigenvalue weighted by atomic mass is 9.94. The molecule has 1 aromatic carbocycles. The third kappa shape index (κ3) is 5.24. The molecule has 0 atom stereocenters. The molecule has 1 rings (SSSR count). The monoisotopic (exact) mass is 400 g/mol. The molecular formula is C13H19ClFIN2O. The van der Waals surface area contributed by atoms with Gasteiger partial charge in [0, 0.05) is 21.2 Å². The summed E-state index contributed by atoms with van der Waals surface area (Å²) < 4.78 is 13.8. The normalized spacial score (nSPS) is 10.8. The van der Waals surface area contributed by atoms with Crippen LogP contribution in [0.3, 0.4) is 0 Å².